The van der Waals surface area contributed by atoms with Crippen LogP contribution in [0.4, 0.5) is 0 Å². The zero-order chi connectivity index (χ0) is 32.9. The maximum absolute atomic E-state index is 12.3. The van der Waals surface area contributed by atoms with Crippen LogP contribution in [0.15, 0.2) is 24.3 Å². The Morgan fingerprint density at radius 3 is 1.95 bits per heavy atom. The van der Waals surface area contributed by atoms with E-state index in [1.54, 1.807) is 12.2 Å². The van der Waals surface area contributed by atoms with Gasteiger partial charge in [0.1, 0.15) is 6.61 Å². The second-order valence-electron chi connectivity index (χ2n) is 11.8. The maximum Gasteiger partial charge on any atom is 0.469 e. The number of carbonyl (C=O) groups is 3. The van der Waals surface area contributed by atoms with Gasteiger partial charge in [-0.15, -0.1) is 0 Å². The summed E-state index contributed by atoms with van der Waals surface area (Å²) >= 11 is 0. The van der Waals surface area contributed by atoms with Crippen molar-refractivity contribution >= 4 is 25.5 Å². The first kappa shape index (κ1) is 42.2. The molecule has 0 rings (SSSR count). The highest BCUT2D eigenvalue weighted by Gasteiger charge is 2.22. The molecule has 2 atom stereocenters. The smallest absolute Gasteiger partial charge is 0.462 e. The molecule has 0 aromatic rings. The molecule has 1 unspecified atom stereocenters. The maximum atomic E-state index is 12.3. The highest BCUT2D eigenvalue weighted by Crippen LogP contribution is 2.36. The first-order valence-corrected chi connectivity index (χ1v) is 18.5. The second kappa shape index (κ2) is 28.7. The van der Waals surface area contributed by atoms with Crippen LogP contribution >= 0.6 is 7.82 Å². The van der Waals surface area contributed by atoms with E-state index in [9.17, 15) is 18.9 Å². The van der Waals surface area contributed by atoms with Gasteiger partial charge in [-0.25, -0.2) is 4.57 Å². The average molecular weight is 645 g/mol. The molecule has 0 aliphatic rings. The first-order chi connectivity index (χ1) is 21.1. The molecule has 2 N–H and O–H groups in total. The third-order valence-corrected chi connectivity index (χ3v) is 7.97. The third kappa shape index (κ3) is 30.2. The summed E-state index contributed by atoms with van der Waals surface area (Å²) in [7, 11) is -4.76. The number of rotatable bonds is 30. The molecular weight excluding hydrogens is 583 g/mol. The lowest BCUT2D eigenvalue weighted by atomic mass is 10.00. The number of ketones is 1. The predicted molar refractivity (Wildman–Crippen MR) is 175 cm³/mol. The highest BCUT2D eigenvalue weighted by molar-refractivity contribution is 7.46. The molecule has 0 spiro atoms. The standard InChI is InChI=1S/C34H61O9P/c1-4-6-18-24-31(35)25-20-15-10-8-7-9-11-17-22-27-34(37)43-32(29-42-44(38,39)40)28-41-33(36)26-21-16-13-12-14-19-23-30(3)5-2/h10,15,20,25,30,32H,4-9,11-14,16-19,21-24,26-29H2,1-3H3,(H2,38,39,40)/b15-10-,25-20+/t30?,32-/m1/s1. The number of ether oxygens (including phenoxy) is 2. The topological polar surface area (TPSA) is 136 Å². The quantitative estimate of drug-likeness (QED) is 0.0259. The Labute approximate surface area is 266 Å². The molecule has 0 aliphatic heterocycles. The summed E-state index contributed by atoms with van der Waals surface area (Å²) in [5.41, 5.74) is 0. The number of carbonyl (C=O) groups excluding carboxylic acids is 3. The molecule has 0 aliphatic carbocycles. The number of esters is 2. The number of hydrogen-bond donors (Lipinski definition) is 2. The van der Waals surface area contributed by atoms with Crippen molar-refractivity contribution in [1.82, 2.24) is 0 Å². The summed E-state index contributed by atoms with van der Waals surface area (Å²) in [6.07, 6.45) is 24.7. The molecule has 0 heterocycles. The monoisotopic (exact) mass is 644 g/mol. The molecule has 0 radical (unpaired) electrons. The van der Waals surface area contributed by atoms with E-state index in [0.717, 1.165) is 76.5 Å². The fourth-order valence-electron chi connectivity index (χ4n) is 4.50. The minimum absolute atomic E-state index is 0.161. The van der Waals surface area contributed by atoms with Gasteiger partial charge >= 0.3 is 19.8 Å². The summed E-state index contributed by atoms with van der Waals surface area (Å²) in [5.74, 6) is -0.00182. The molecule has 10 heteroatoms. The van der Waals surface area contributed by atoms with Gasteiger partial charge in [0.15, 0.2) is 11.9 Å². The average Bonchev–Trinajstić information content (AvgIpc) is 2.98. The van der Waals surface area contributed by atoms with E-state index in [1.165, 1.54) is 25.7 Å². The van der Waals surface area contributed by atoms with Crippen LogP contribution in [0, 0.1) is 5.92 Å². The Morgan fingerprint density at radius 1 is 0.727 bits per heavy atom. The number of unbranched alkanes of at least 4 members (excludes halogenated alkanes) is 12. The number of phosphoric ester groups is 1. The summed E-state index contributed by atoms with van der Waals surface area (Å²) in [5, 5.41) is 0. The van der Waals surface area contributed by atoms with Gasteiger partial charge in [0.05, 0.1) is 6.61 Å². The van der Waals surface area contributed by atoms with Crippen molar-refractivity contribution in [3.63, 3.8) is 0 Å². The zero-order valence-electron chi connectivity index (χ0n) is 27.7. The van der Waals surface area contributed by atoms with E-state index in [1.807, 2.05) is 6.08 Å². The Hall–Kier alpha value is -1.80. The first-order valence-electron chi connectivity index (χ1n) is 17.0. The highest BCUT2D eigenvalue weighted by atomic mass is 31.2. The lowest BCUT2D eigenvalue weighted by molar-refractivity contribution is -0.161. The Bertz CT molecular complexity index is 850. The fourth-order valence-corrected chi connectivity index (χ4v) is 4.87. The molecule has 0 fully saturated rings. The summed E-state index contributed by atoms with van der Waals surface area (Å²) in [6.45, 7) is 5.74. The van der Waals surface area contributed by atoms with Crippen molar-refractivity contribution in [1.29, 1.82) is 0 Å². The molecule has 256 valence electrons. The van der Waals surface area contributed by atoms with Crippen LogP contribution in [-0.4, -0.2) is 46.8 Å². The van der Waals surface area contributed by atoms with Crippen LogP contribution in [0.2, 0.25) is 0 Å². The molecule has 0 amide bonds. The summed E-state index contributed by atoms with van der Waals surface area (Å²) in [6, 6.07) is 0. The van der Waals surface area contributed by atoms with E-state index in [0.29, 0.717) is 19.3 Å². The number of allylic oxidation sites excluding steroid dienone is 4. The van der Waals surface area contributed by atoms with E-state index >= 15 is 0 Å². The summed E-state index contributed by atoms with van der Waals surface area (Å²) < 4.78 is 26.1. The lowest BCUT2D eigenvalue weighted by Crippen LogP contribution is -2.29. The van der Waals surface area contributed by atoms with Crippen LogP contribution in [0.5, 0.6) is 0 Å². The largest absolute Gasteiger partial charge is 0.469 e. The predicted octanol–water partition coefficient (Wildman–Crippen LogP) is 8.71. The van der Waals surface area contributed by atoms with Gasteiger partial charge in [-0.3, -0.25) is 18.9 Å². The van der Waals surface area contributed by atoms with Crippen LogP contribution in [0.25, 0.3) is 0 Å². The fraction of sp³-hybridized carbons (Fsp3) is 0.794. The number of phosphoric acid groups is 1. The van der Waals surface area contributed by atoms with Crippen molar-refractivity contribution < 1.29 is 42.7 Å². The number of hydrogen-bond acceptors (Lipinski definition) is 7. The lowest BCUT2D eigenvalue weighted by Gasteiger charge is -2.18. The van der Waals surface area contributed by atoms with Gasteiger partial charge in [-0.2, -0.15) is 0 Å². The Kier molecular flexibility index (Phi) is 27.5. The molecule has 44 heavy (non-hydrogen) atoms. The van der Waals surface area contributed by atoms with Crippen molar-refractivity contribution in [3.8, 4) is 0 Å². The van der Waals surface area contributed by atoms with Gasteiger partial charge in [-0.1, -0.05) is 116 Å². The van der Waals surface area contributed by atoms with E-state index in [4.69, 9.17) is 19.3 Å². The zero-order valence-corrected chi connectivity index (χ0v) is 28.6. The molecule has 9 nitrogen and oxygen atoms in total. The minimum Gasteiger partial charge on any atom is -0.462 e. The minimum atomic E-state index is -4.76. The van der Waals surface area contributed by atoms with E-state index in [-0.39, 0.29) is 25.2 Å². The van der Waals surface area contributed by atoms with Crippen molar-refractivity contribution in [2.24, 2.45) is 5.92 Å². The third-order valence-electron chi connectivity index (χ3n) is 7.49. The molecular formula is C34H61O9P. The molecule has 0 aromatic carbocycles. The van der Waals surface area contributed by atoms with Crippen LogP contribution in [-0.2, 0) is 32.9 Å². The van der Waals surface area contributed by atoms with Gasteiger partial charge in [0, 0.05) is 19.3 Å². The van der Waals surface area contributed by atoms with Crippen molar-refractivity contribution in [2.75, 3.05) is 13.2 Å². The Morgan fingerprint density at radius 2 is 1.32 bits per heavy atom. The van der Waals surface area contributed by atoms with Gasteiger partial charge < -0.3 is 19.3 Å². The van der Waals surface area contributed by atoms with Crippen molar-refractivity contribution in [3.05, 3.63) is 24.3 Å². The molecule has 0 bridgehead atoms. The molecule has 0 saturated heterocycles. The van der Waals surface area contributed by atoms with E-state index in [2.05, 4.69) is 31.4 Å². The normalized spacial score (nSPS) is 13.4. The van der Waals surface area contributed by atoms with Gasteiger partial charge in [0.2, 0.25) is 0 Å². The molecule has 0 saturated carbocycles. The van der Waals surface area contributed by atoms with Crippen LogP contribution in [0.3, 0.4) is 0 Å². The van der Waals surface area contributed by atoms with Crippen molar-refractivity contribution in [2.45, 2.75) is 155 Å². The second-order valence-corrected chi connectivity index (χ2v) is 13.0. The Balaban J connectivity index is 4.11. The van der Waals surface area contributed by atoms with E-state index < -0.39 is 32.5 Å². The van der Waals surface area contributed by atoms with Gasteiger partial charge in [-0.05, 0) is 44.1 Å². The van der Waals surface area contributed by atoms with Crippen LogP contribution in [0.1, 0.15) is 149 Å². The SMILES string of the molecule is CCCCCC(=O)/C=C/C=C\CCCCCCCC(=O)O[C@H](COC(=O)CCCCCCCCC(C)CC)COP(=O)(O)O. The van der Waals surface area contributed by atoms with Gasteiger partial charge in [0.25, 0.3) is 0 Å². The van der Waals surface area contributed by atoms with Crippen LogP contribution < -0.4 is 0 Å². The summed E-state index contributed by atoms with van der Waals surface area (Å²) in [4.78, 5) is 54.2. The molecule has 0 aromatic heterocycles.